The molecule has 0 aliphatic rings. The Kier molecular flexibility index (Phi) is 7.57. The average molecular weight is 365 g/mol. The Morgan fingerprint density at radius 2 is 1.64 bits per heavy atom. The predicted octanol–water partition coefficient (Wildman–Crippen LogP) is 3.97. The van der Waals surface area contributed by atoms with Gasteiger partial charge in [-0.15, -0.1) is 0 Å². The second kappa shape index (κ2) is 9.91. The molecule has 0 aliphatic heterocycles. The molecule has 0 spiro atoms. The molecule has 0 saturated carbocycles. The summed E-state index contributed by atoms with van der Waals surface area (Å²) in [7, 11) is 0. The van der Waals surface area contributed by atoms with Crippen LogP contribution in [0.25, 0.3) is 0 Å². The highest BCUT2D eigenvalue weighted by molar-refractivity contribution is 6.30. The number of halogens is 1. The number of benzene rings is 2. The molecule has 0 heterocycles. The van der Waals surface area contributed by atoms with Gasteiger partial charge in [-0.1, -0.05) is 29.3 Å². The Hall–Kier alpha value is -2.24. The van der Waals surface area contributed by atoms with Crippen molar-refractivity contribution >= 4 is 17.6 Å². The molecule has 1 unspecified atom stereocenters. The van der Waals surface area contributed by atoms with E-state index in [2.05, 4.69) is 0 Å². The number of rotatable bonds is 10. The average Bonchev–Trinajstić information content (AvgIpc) is 2.60. The Balaban J connectivity index is 1.66. The van der Waals surface area contributed by atoms with Gasteiger partial charge in [0.1, 0.15) is 18.1 Å². The molecule has 2 aromatic rings. The molecule has 134 valence electrons. The summed E-state index contributed by atoms with van der Waals surface area (Å²) in [6.45, 7) is 2.96. The van der Waals surface area contributed by atoms with E-state index >= 15 is 0 Å². The lowest BCUT2D eigenvalue weighted by atomic mass is 10.2. The van der Waals surface area contributed by atoms with Crippen LogP contribution in [-0.4, -0.2) is 37.0 Å². The Labute approximate surface area is 152 Å². The Morgan fingerprint density at radius 3 is 2.28 bits per heavy atom. The second-order valence-electron chi connectivity index (χ2n) is 5.46. The molecule has 1 atom stereocenters. The maximum Gasteiger partial charge on any atom is 0.344 e. The highest BCUT2D eigenvalue weighted by Gasteiger charge is 2.19. The van der Waals surface area contributed by atoms with Gasteiger partial charge in [0.25, 0.3) is 0 Å². The molecule has 0 radical (unpaired) electrons. The van der Waals surface area contributed by atoms with Gasteiger partial charge in [-0.05, 0) is 43.3 Å². The molecule has 0 amide bonds. The van der Waals surface area contributed by atoms with Crippen LogP contribution in [0, 0.1) is 6.92 Å². The summed E-state index contributed by atoms with van der Waals surface area (Å²) in [5.41, 5.74) is 1.09. The third-order valence-electron chi connectivity index (χ3n) is 3.41. The van der Waals surface area contributed by atoms with Gasteiger partial charge >= 0.3 is 5.97 Å². The lowest BCUT2D eigenvalue weighted by Crippen LogP contribution is -2.28. The zero-order valence-electron chi connectivity index (χ0n) is 14.0. The fraction of sp³-hybridized carbons (Fsp3) is 0.316. The molecule has 2 aromatic carbocycles. The van der Waals surface area contributed by atoms with E-state index in [0.717, 1.165) is 5.56 Å². The van der Waals surface area contributed by atoms with Crippen LogP contribution in [0.4, 0.5) is 0 Å². The van der Waals surface area contributed by atoms with Gasteiger partial charge in [0.05, 0.1) is 13.2 Å². The van der Waals surface area contributed by atoms with E-state index in [1.54, 1.807) is 36.4 Å². The summed E-state index contributed by atoms with van der Waals surface area (Å²) in [6, 6.07) is 14.3. The van der Waals surface area contributed by atoms with E-state index in [9.17, 15) is 9.90 Å². The zero-order chi connectivity index (χ0) is 18.1. The van der Waals surface area contributed by atoms with Crippen LogP contribution >= 0.6 is 11.6 Å². The van der Waals surface area contributed by atoms with Crippen molar-refractivity contribution in [3.8, 4) is 11.5 Å². The Bertz CT molecular complexity index is 655. The monoisotopic (exact) mass is 364 g/mol. The summed E-state index contributed by atoms with van der Waals surface area (Å²) in [5, 5.41) is 9.90. The minimum absolute atomic E-state index is 0.254. The van der Waals surface area contributed by atoms with E-state index in [1.165, 1.54) is 0 Å². The van der Waals surface area contributed by atoms with Crippen molar-refractivity contribution in [2.45, 2.75) is 19.4 Å². The number of aliphatic carboxylic acids is 1. The molecule has 1 N–H and O–H groups in total. The maximum absolute atomic E-state index is 11.3. The number of carboxylic acid groups (broad SMARTS) is 1. The summed E-state index contributed by atoms with van der Waals surface area (Å²) in [6.07, 6.45) is -0.690. The fourth-order valence-corrected chi connectivity index (χ4v) is 2.18. The first-order valence-electron chi connectivity index (χ1n) is 7.97. The van der Waals surface area contributed by atoms with Crippen molar-refractivity contribution in [2.24, 2.45) is 0 Å². The second-order valence-corrected chi connectivity index (χ2v) is 5.90. The number of carbonyl (C=O) groups is 1. The number of hydrogen-bond acceptors (Lipinski definition) is 4. The third kappa shape index (κ3) is 7.03. The van der Waals surface area contributed by atoms with Gasteiger partial charge in [-0.2, -0.15) is 0 Å². The summed E-state index contributed by atoms with van der Waals surface area (Å²) in [4.78, 5) is 11.3. The maximum atomic E-state index is 11.3. The number of carboxylic acids is 1. The minimum atomic E-state index is -1.01. The van der Waals surface area contributed by atoms with E-state index in [-0.39, 0.29) is 13.0 Å². The number of aryl methyl sites for hydroxylation is 1. The van der Waals surface area contributed by atoms with Gasteiger partial charge in [-0.3, -0.25) is 0 Å². The molecule has 25 heavy (non-hydrogen) atoms. The number of ether oxygens (including phenoxy) is 3. The van der Waals surface area contributed by atoms with Crippen LogP contribution in [0.15, 0.2) is 48.5 Å². The van der Waals surface area contributed by atoms with Crippen LogP contribution in [0.2, 0.25) is 5.02 Å². The topological polar surface area (TPSA) is 65.0 Å². The quantitative estimate of drug-likeness (QED) is 0.646. The Morgan fingerprint density at radius 1 is 1.00 bits per heavy atom. The van der Waals surface area contributed by atoms with Crippen molar-refractivity contribution in [3.05, 3.63) is 59.1 Å². The summed E-state index contributed by atoms with van der Waals surface area (Å²) < 4.78 is 16.4. The normalized spacial score (nSPS) is 11.8. The first-order valence-corrected chi connectivity index (χ1v) is 8.34. The molecule has 0 aliphatic carbocycles. The SMILES string of the molecule is Cc1ccc(OC(CCOCCOc2ccc(Cl)cc2)C(=O)O)cc1. The molecular formula is C19H21ClO5. The van der Waals surface area contributed by atoms with Crippen LogP contribution in [0.5, 0.6) is 11.5 Å². The molecule has 0 aromatic heterocycles. The van der Waals surface area contributed by atoms with Crippen molar-refractivity contribution in [1.29, 1.82) is 0 Å². The van der Waals surface area contributed by atoms with Crippen LogP contribution in [0.3, 0.4) is 0 Å². The van der Waals surface area contributed by atoms with Crippen molar-refractivity contribution in [2.75, 3.05) is 19.8 Å². The molecule has 6 heteroatoms. The van der Waals surface area contributed by atoms with E-state index in [0.29, 0.717) is 29.7 Å². The lowest BCUT2D eigenvalue weighted by molar-refractivity contribution is -0.146. The standard InChI is InChI=1S/C19H21ClO5/c1-14-2-6-17(7-3-14)25-18(19(21)22)10-11-23-12-13-24-16-8-4-15(20)5-9-16/h2-9,18H,10-13H2,1H3,(H,21,22). The van der Waals surface area contributed by atoms with Crippen molar-refractivity contribution in [3.63, 3.8) is 0 Å². The smallest absolute Gasteiger partial charge is 0.344 e. The molecule has 5 nitrogen and oxygen atoms in total. The first kappa shape index (κ1) is 19.1. The van der Waals surface area contributed by atoms with Gasteiger partial charge < -0.3 is 19.3 Å². The van der Waals surface area contributed by atoms with Gasteiger partial charge in [0, 0.05) is 11.4 Å². The largest absolute Gasteiger partial charge is 0.491 e. The van der Waals surface area contributed by atoms with Crippen LogP contribution in [-0.2, 0) is 9.53 Å². The van der Waals surface area contributed by atoms with E-state index in [4.69, 9.17) is 25.8 Å². The third-order valence-corrected chi connectivity index (χ3v) is 3.66. The van der Waals surface area contributed by atoms with E-state index in [1.807, 2.05) is 19.1 Å². The molecular weight excluding hydrogens is 344 g/mol. The van der Waals surface area contributed by atoms with Crippen molar-refractivity contribution in [1.82, 2.24) is 0 Å². The molecule has 0 fully saturated rings. The highest BCUT2D eigenvalue weighted by Crippen LogP contribution is 2.16. The van der Waals surface area contributed by atoms with Gasteiger partial charge in [0.15, 0.2) is 6.10 Å². The molecule has 0 saturated heterocycles. The fourth-order valence-electron chi connectivity index (χ4n) is 2.06. The highest BCUT2D eigenvalue weighted by atomic mass is 35.5. The van der Waals surface area contributed by atoms with Gasteiger partial charge in [0.2, 0.25) is 0 Å². The van der Waals surface area contributed by atoms with Crippen LogP contribution in [0.1, 0.15) is 12.0 Å². The minimum Gasteiger partial charge on any atom is -0.491 e. The van der Waals surface area contributed by atoms with E-state index < -0.39 is 12.1 Å². The van der Waals surface area contributed by atoms with Crippen molar-refractivity contribution < 1.29 is 24.1 Å². The summed E-state index contributed by atoms with van der Waals surface area (Å²) >= 11 is 5.80. The lowest BCUT2D eigenvalue weighted by Gasteiger charge is -2.15. The zero-order valence-corrected chi connectivity index (χ0v) is 14.7. The molecule has 0 bridgehead atoms. The number of hydrogen-bond donors (Lipinski definition) is 1. The molecule has 2 rings (SSSR count). The van der Waals surface area contributed by atoms with Crippen LogP contribution < -0.4 is 9.47 Å². The predicted molar refractivity (Wildman–Crippen MR) is 95.6 cm³/mol. The van der Waals surface area contributed by atoms with Gasteiger partial charge in [-0.25, -0.2) is 4.79 Å². The summed E-state index contributed by atoms with van der Waals surface area (Å²) in [5.74, 6) is 0.227. The first-order chi connectivity index (χ1) is 12.0.